The molecular weight excluding hydrogens is 495 g/mol. The summed E-state index contributed by atoms with van der Waals surface area (Å²) in [5, 5.41) is 3.32. The lowest BCUT2D eigenvalue weighted by molar-refractivity contribution is -0.139. The molecule has 0 aliphatic rings. The van der Waals surface area contributed by atoms with Gasteiger partial charge in [-0.05, 0) is 44.0 Å². The van der Waals surface area contributed by atoms with E-state index in [1.807, 2.05) is 75.4 Å². The van der Waals surface area contributed by atoms with Gasteiger partial charge in [0.2, 0.25) is 11.8 Å². The summed E-state index contributed by atoms with van der Waals surface area (Å²) in [6.07, 6.45) is 0.390. The van der Waals surface area contributed by atoms with Gasteiger partial charge in [-0.15, -0.1) is 11.8 Å². The average molecular weight is 527 g/mol. The van der Waals surface area contributed by atoms with Gasteiger partial charge in [-0.25, -0.2) is 4.39 Å². The Balaban J connectivity index is 1.86. The Labute approximate surface area is 222 Å². The molecule has 0 aliphatic heterocycles. The zero-order valence-electron chi connectivity index (χ0n) is 20.8. The fraction of sp³-hybridized carbons (Fsp3) is 0.310. The minimum absolute atomic E-state index is 0.0651. The molecule has 4 nitrogen and oxygen atoms in total. The molecule has 0 spiro atoms. The van der Waals surface area contributed by atoms with Crippen molar-refractivity contribution in [1.29, 1.82) is 0 Å². The predicted octanol–water partition coefficient (Wildman–Crippen LogP) is 6.19. The number of halogens is 2. The first-order chi connectivity index (χ1) is 17.2. The van der Waals surface area contributed by atoms with Crippen molar-refractivity contribution in [2.24, 2.45) is 0 Å². The van der Waals surface area contributed by atoms with Crippen LogP contribution in [0.3, 0.4) is 0 Å². The molecule has 0 heterocycles. The number of aryl methyl sites for hydroxylation is 1. The van der Waals surface area contributed by atoms with E-state index >= 15 is 0 Å². The molecule has 0 unspecified atom stereocenters. The van der Waals surface area contributed by atoms with Crippen molar-refractivity contribution in [1.82, 2.24) is 10.2 Å². The lowest BCUT2D eigenvalue weighted by Crippen LogP contribution is -2.52. The molecule has 7 heteroatoms. The zero-order valence-corrected chi connectivity index (χ0v) is 22.4. The van der Waals surface area contributed by atoms with E-state index in [4.69, 9.17) is 11.6 Å². The van der Waals surface area contributed by atoms with Crippen molar-refractivity contribution in [3.05, 3.63) is 106 Å². The standard InChI is InChI=1S/C29H32ClFN2O2S/c1-20(2)32-29(35)27(16-22-8-5-4-6-9-22)33(17-23-14-12-21(3)13-15-23)28(34)19-36-18-24-25(30)10-7-11-26(24)31/h4-15,20,27H,16-19H2,1-3H3,(H,32,35)/t27-/m1/s1. The summed E-state index contributed by atoms with van der Waals surface area (Å²) in [5.74, 6) is -0.421. The molecule has 0 bridgehead atoms. The molecule has 3 aromatic carbocycles. The smallest absolute Gasteiger partial charge is 0.243 e. The van der Waals surface area contributed by atoms with E-state index in [0.717, 1.165) is 16.7 Å². The molecule has 0 saturated heterocycles. The van der Waals surface area contributed by atoms with Gasteiger partial charge < -0.3 is 10.2 Å². The third-order valence-corrected chi connectivity index (χ3v) is 7.01. The zero-order chi connectivity index (χ0) is 26.1. The van der Waals surface area contributed by atoms with Gasteiger partial charge in [0.1, 0.15) is 11.9 Å². The Hall–Kier alpha value is -2.83. The van der Waals surface area contributed by atoms with Crippen LogP contribution in [0.25, 0.3) is 0 Å². The third-order valence-electron chi connectivity index (χ3n) is 5.71. The van der Waals surface area contributed by atoms with E-state index in [0.29, 0.717) is 23.6 Å². The molecule has 0 aliphatic carbocycles. The van der Waals surface area contributed by atoms with E-state index in [9.17, 15) is 14.0 Å². The normalized spacial score (nSPS) is 11.8. The van der Waals surface area contributed by atoms with Gasteiger partial charge in [-0.3, -0.25) is 9.59 Å². The first-order valence-electron chi connectivity index (χ1n) is 11.9. The highest BCUT2D eigenvalue weighted by molar-refractivity contribution is 7.99. The van der Waals surface area contributed by atoms with Crippen molar-refractivity contribution >= 4 is 35.2 Å². The van der Waals surface area contributed by atoms with Crippen molar-refractivity contribution in [2.75, 3.05) is 5.75 Å². The highest BCUT2D eigenvalue weighted by Gasteiger charge is 2.30. The van der Waals surface area contributed by atoms with Crippen molar-refractivity contribution in [2.45, 2.75) is 51.6 Å². The molecule has 0 fully saturated rings. The Kier molecular flexibility index (Phi) is 10.4. The minimum Gasteiger partial charge on any atom is -0.352 e. The van der Waals surface area contributed by atoms with Crippen LogP contribution in [0.5, 0.6) is 0 Å². The fourth-order valence-electron chi connectivity index (χ4n) is 3.82. The summed E-state index contributed by atoms with van der Waals surface area (Å²) in [7, 11) is 0. The maximum absolute atomic E-state index is 14.2. The molecule has 190 valence electrons. The van der Waals surface area contributed by atoms with Crippen LogP contribution in [0.4, 0.5) is 4.39 Å². The van der Waals surface area contributed by atoms with Crippen molar-refractivity contribution < 1.29 is 14.0 Å². The molecule has 1 atom stereocenters. The van der Waals surface area contributed by atoms with Gasteiger partial charge >= 0.3 is 0 Å². The topological polar surface area (TPSA) is 49.4 Å². The second kappa shape index (κ2) is 13.5. The first-order valence-corrected chi connectivity index (χ1v) is 13.5. The van der Waals surface area contributed by atoms with Crippen LogP contribution < -0.4 is 5.32 Å². The van der Waals surface area contributed by atoms with Crippen LogP contribution in [0.2, 0.25) is 5.02 Å². The highest BCUT2D eigenvalue weighted by atomic mass is 35.5. The number of nitrogens with zero attached hydrogens (tertiary/aromatic N) is 1. The van der Waals surface area contributed by atoms with Crippen LogP contribution in [0.1, 0.15) is 36.1 Å². The van der Waals surface area contributed by atoms with Crippen molar-refractivity contribution in [3.63, 3.8) is 0 Å². The van der Waals surface area contributed by atoms with Gasteiger partial charge in [-0.1, -0.05) is 77.8 Å². The molecule has 0 aromatic heterocycles. The van der Waals surface area contributed by atoms with Crippen LogP contribution >= 0.6 is 23.4 Å². The number of nitrogens with one attached hydrogen (secondary N) is 1. The summed E-state index contributed by atoms with van der Waals surface area (Å²) in [6, 6.07) is 21.4. The Morgan fingerprint density at radius 2 is 1.67 bits per heavy atom. The summed E-state index contributed by atoms with van der Waals surface area (Å²) in [5.41, 5.74) is 3.40. The second-order valence-electron chi connectivity index (χ2n) is 9.07. The van der Waals surface area contributed by atoms with Gasteiger partial charge in [0.15, 0.2) is 0 Å². The van der Waals surface area contributed by atoms with Gasteiger partial charge in [0.05, 0.1) is 5.75 Å². The highest BCUT2D eigenvalue weighted by Crippen LogP contribution is 2.25. The number of hydrogen-bond acceptors (Lipinski definition) is 3. The summed E-state index contributed by atoms with van der Waals surface area (Å²) < 4.78 is 14.2. The third kappa shape index (κ3) is 8.10. The number of rotatable bonds is 11. The molecule has 0 saturated carbocycles. The molecule has 0 radical (unpaired) electrons. The average Bonchev–Trinajstić information content (AvgIpc) is 2.84. The Bertz CT molecular complexity index is 1140. The maximum atomic E-state index is 14.2. The number of hydrogen-bond donors (Lipinski definition) is 1. The van der Waals surface area contributed by atoms with Gasteiger partial charge in [-0.2, -0.15) is 0 Å². The number of carbonyl (C=O) groups excluding carboxylic acids is 2. The van der Waals surface area contributed by atoms with Crippen molar-refractivity contribution in [3.8, 4) is 0 Å². The largest absolute Gasteiger partial charge is 0.352 e. The summed E-state index contributed by atoms with van der Waals surface area (Å²) in [4.78, 5) is 28.6. The lowest BCUT2D eigenvalue weighted by Gasteiger charge is -2.32. The maximum Gasteiger partial charge on any atom is 0.243 e. The van der Waals surface area contributed by atoms with Crippen LogP contribution in [0, 0.1) is 12.7 Å². The number of carbonyl (C=O) groups is 2. The lowest BCUT2D eigenvalue weighted by atomic mass is 10.0. The SMILES string of the molecule is Cc1ccc(CN(C(=O)CSCc2c(F)cccc2Cl)[C@H](Cc2ccccc2)C(=O)NC(C)C)cc1. The first kappa shape index (κ1) is 27.8. The molecular formula is C29H32ClFN2O2S. The minimum atomic E-state index is -0.693. The monoisotopic (exact) mass is 526 g/mol. The van der Waals surface area contributed by atoms with E-state index in [-0.39, 0.29) is 29.4 Å². The van der Waals surface area contributed by atoms with Gasteiger partial charge in [0.25, 0.3) is 0 Å². The molecule has 36 heavy (non-hydrogen) atoms. The quantitative estimate of drug-likeness (QED) is 0.324. The summed E-state index contributed by atoms with van der Waals surface area (Å²) >= 11 is 7.44. The van der Waals surface area contributed by atoms with Crippen LogP contribution in [0.15, 0.2) is 72.8 Å². The van der Waals surface area contributed by atoms with E-state index < -0.39 is 11.9 Å². The van der Waals surface area contributed by atoms with Gasteiger partial charge in [0, 0.05) is 35.3 Å². The number of benzene rings is 3. The second-order valence-corrected chi connectivity index (χ2v) is 10.5. The molecule has 1 N–H and O–H groups in total. The molecule has 2 amide bonds. The Morgan fingerprint density at radius 1 is 0.972 bits per heavy atom. The van der Waals surface area contributed by atoms with Crippen LogP contribution in [-0.2, 0) is 28.3 Å². The van der Waals surface area contributed by atoms with E-state index in [2.05, 4.69) is 5.32 Å². The number of thioether (sulfide) groups is 1. The summed E-state index contributed by atoms with van der Waals surface area (Å²) in [6.45, 7) is 6.10. The fourth-order valence-corrected chi connectivity index (χ4v) is 5.07. The molecule has 3 aromatic rings. The predicted molar refractivity (Wildman–Crippen MR) is 147 cm³/mol. The molecule has 3 rings (SSSR count). The van der Waals surface area contributed by atoms with E-state index in [1.54, 1.807) is 17.0 Å². The van der Waals surface area contributed by atoms with Crippen LogP contribution in [-0.4, -0.2) is 34.6 Å². The van der Waals surface area contributed by atoms with E-state index in [1.165, 1.54) is 17.8 Å². The Morgan fingerprint density at radius 3 is 2.31 bits per heavy atom. The number of amides is 2.